The molecule has 8 aromatic rings. The number of aromatic nitrogens is 6. The van der Waals surface area contributed by atoms with E-state index >= 15 is 0 Å². The molecule has 4 aromatic heterocycles. The minimum absolute atomic E-state index is 0.182. The SMILES string of the molecule is C[C@@H]1CN(C(=O)OC(C)(C)C)C[C@H](C)N1c1ccc(-c2cnc3c(Br)cnn3c2)cc1.C[C@@H]1CNC[C@H](C)N1c1ccc(-c2cnc3c(-c4cccc5c(C#N)cccc45)cnn3c2)cc1. The second-order valence-electron chi connectivity index (χ2n) is 18.4. The van der Waals surface area contributed by atoms with Gasteiger partial charge in [0.2, 0.25) is 0 Å². The van der Waals surface area contributed by atoms with Gasteiger partial charge >= 0.3 is 6.09 Å². The Labute approximate surface area is 393 Å². The topological polar surface area (TPSA) is 132 Å². The van der Waals surface area contributed by atoms with Gasteiger partial charge in [0.05, 0.1) is 28.5 Å². The number of ether oxygens (including phenoxy) is 1. The first kappa shape index (κ1) is 44.4. The van der Waals surface area contributed by atoms with Crippen molar-refractivity contribution in [2.24, 2.45) is 0 Å². The van der Waals surface area contributed by atoms with Gasteiger partial charge in [0.15, 0.2) is 11.3 Å². The summed E-state index contributed by atoms with van der Waals surface area (Å²) in [6.45, 7) is 17.8. The second kappa shape index (κ2) is 18.2. The standard InChI is InChI=1S/C29H26N6.C23H28BrN5O2/c1-19-14-31-15-20(2)35(19)24-11-9-21(10-12-24)23-16-32-29-28(17-33-34(29)18-23)27-8-4-6-25-22(13-30)5-3-7-26(25)27;1-15-12-27(22(30)31-23(3,4)5)13-16(2)29(15)19-8-6-17(7-9-19)18-10-25-21-20(24)11-26-28(21)14-18/h3-12,16-20,31H,14-15H2,1-2H3;6-11,14-16H,12-13H2,1-5H3/t19-,20+;15-,16+. The molecule has 0 spiro atoms. The number of fused-ring (bicyclic) bond motifs is 3. The molecule has 4 aromatic carbocycles. The smallest absolute Gasteiger partial charge is 0.410 e. The summed E-state index contributed by atoms with van der Waals surface area (Å²) in [5, 5.41) is 23.9. The van der Waals surface area contributed by atoms with E-state index in [0.717, 1.165) is 78.7 Å². The molecule has 4 atom stereocenters. The highest BCUT2D eigenvalue weighted by atomic mass is 79.9. The zero-order valence-electron chi connectivity index (χ0n) is 38.4. The van der Waals surface area contributed by atoms with Crippen molar-refractivity contribution < 1.29 is 9.53 Å². The van der Waals surface area contributed by atoms with E-state index in [1.807, 2.05) is 91.5 Å². The van der Waals surface area contributed by atoms with Crippen LogP contribution in [0.1, 0.15) is 54.0 Å². The zero-order chi connectivity index (χ0) is 46.3. The molecule has 2 fully saturated rings. The Morgan fingerprint density at radius 1 is 0.667 bits per heavy atom. The van der Waals surface area contributed by atoms with Gasteiger partial charge in [-0.05, 0) is 117 Å². The molecule has 6 heterocycles. The number of carbonyl (C=O) groups is 1. The monoisotopic (exact) mass is 943 g/mol. The summed E-state index contributed by atoms with van der Waals surface area (Å²) in [4.78, 5) is 28.5. The fourth-order valence-corrected chi connectivity index (χ4v) is 9.83. The van der Waals surface area contributed by atoms with E-state index in [1.54, 1.807) is 10.7 Å². The van der Waals surface area contributed by atoms with E-state index in [4.69, 9.17) is 9.72 Å². The lowest BCUT2D eigenvalue weighted by molar-refractivity contribution is 0.0193. The van der Waals surface area contributed by atoms with E-state index in [2.05, 4.69) is 135 Å². The van der Waals surface area contributed by atoms with E-state index in [0.29, 0.717) is 30.7 Å². The quantitative estimate of drug-likeness (QED) is 0.178. The van der Waals surface area contributed by atoms with E-state index in [1.165, 1.54) is 5.69 Å². The lowest BCUT2D eigenvalue weighted by atomic mass is 9.97. The van der Waals surface area contributed by atoms with Crippen molar-refractivity contribution in [3.63, 3.8) is 0 Å². The number of anilines is 2. The molecule has 2 aliphatic rings. The third kappa shape index (κ3) is 8.93. The van der Waals surface area contributed by atoms with Crippen molar-refractivity contribution in [2.45, 2.75) is 78.2 Å². The van der Waals surface area contributed by atoms with Gasteiger partial charge in [-0.15, -0.1) is 0 Å². The molecule has 0 saturated carbocycles. The van der Waals surface area contributed by atoms with Gasteiger partial charge in [-0.3, -0.25) is 0 Å². The van der Waals surface area contributed by atoms with Crippen molar-refractivity contribution >= 4 is 55.5 Å². The van der Waals surface area contributed by atoms with E-state index in [-0.39, 0.29) is 18.2 Å². The molecule has 1 amide bonds. The van der Waals surface area contributed by atoms with Crippen LogP contribution < -0.4 is 15.1 Å². The number of piperazine rings is 2. The summed E-state index contributed by atoms with van der Waals surface area (Å²) in [6.07, 6.45) is 11.1. The molecule has 1 N–H and O–H groups in total. The first-order valence-electron chi connectivity index (χ1n) is 22.5. The van der Waals surface area contributed by atoms with Crippen LogP contribution in [0.3, 0.4) is 0 Å². The minimum Gasteiger partial charge on any atom is -0.444 e. The molecular formula is C52H54BrN11O2. The van der Waals surface area contributed by atoms with Gasteiger partial charge in [0.1, 0.15) is 5.60 Å². The Morgan fingerprint density at radius 2 is 1.20 bits per heavy atom. The lowest BCUT2D eigenvalue weighted by Crippen LogP contribution is -2.58. The Kier molecular flexibility index (Phi) is 12.3. The molecule has 13 nitrogen and oxygen atoms in total. The van der Waals surface area contributed by atoms with Crippen LogP contribution in [0.2, 0.25) is 0 Å². The van der Waals surface area contributed by atoms with E-state index < -0.39 is 5.60 Å². The molecule has 2 saturated heterocycles. The Bertz CT molecular complexity index is 3060. The van der Waals surface area contributed by atoms with Crippen LogP contribution >= 0.6 is 15.9 Å². The Balaban J connectivity index is 0.000000167. The van der Waals surface area contributed by atoms with Crippen molar-refractivity contribution in [3.8, 4) is 39.4 Å². The number of nitrogens with one attached hydrogen (secondary N) is 1. The summed E-state index contributed by atoms with van der Waals surface area (Å²) in [5.41, 5.74) is 10.4. The third-order valence-electron chi connectivity index (χ3n) is 12.4. The van der Waals surface area contributed by atoms with Crippen molar-refractivity contribution in [1.29, 1.82) is 5.26 Å². The van der Waals surface area contributed by atoms with Gasteiger partial charge in [0.25, 0.3) is 0 Å². The number of hydrogen-bond acceptors (Lipinski definition) is 10. The van der Waals surface area contributed by atoms with Crippen LogP contribution in [0, 0.1) is 11.3 Å². The minimum atomic E-state index is -0.485. The van der Waals surface area contributed by atoms with Gasteiger partial charge in [-0.1, -0.05) is 54.6 Å². The zero-order valence-corrected chi connectivity index (χ0v) is 39.9. The summed E-state index contributed by atoms with van der Waals surface area (Å²) in [5.74, 6) is 0. The van der Waals surface area contributed by atoms with Crippen LogP contribution in [0.4, 0.5) is 16.2 Å². The first-order chi connectivity index (χ1) is 31.8. The number of nitriles is 1. The highest BCUT2D eigenvalue weighted by molar-refractivity contribution is 9.10. The number of benzene rings is 4. The molecule has 0 bridgehead atoms. The van der Waals surface area contributed by atoms with Gasteiger partial charge in [0, 0.05) is 109 Å². The van der Waals surface area contributed by atoms with Gasteiger partial charge < -0.3 is 24.8 Å². The molecular weight excluding hydrogens is 891 g/mol. The Morgan fingerprint density at radius 3 is 1.79 bits per heavy atom. The van der Waals surface area contributed by atoms with Crippen LogP contribution in [0.15, 0.2) is 127 Å². The molecule has 336 valence electrons. The summed E-state index contributed by atoms with van der Waals surface area (Å²) < 4.78 is 10.1. The second-order valence-corrected chi connectivity index (χ2v) is 19.3. The molecule has 0 aliphatic carbocycles. The van der Waals surface area contributed by atoms with Crippen LogP contribution in [-0.4, -0.2) is 96.1 Å². The number of hydrogen-bond donors (Lipinski definition) is 1. The van der Waals surface area contributed by atoms with Crippen molar-refractivity contribution in [2.75, 3.05) is 36.0 Å². The van der Waals surface area contributed by atoms with E-state index in [9.17, 15) is 10.1 Å². The number of halogens is 1. The predicted octanol–water partition coefficient (Wildman–Crippen LogP) is 10.3. The Hall–Kier alpha value is -6.82. The fourth-order valence-electron chi connectivity index (χ4n) is 9.45. The highest BCUT2D eigenvalue weighted by Crippen LogP contribution is 2.34. The molecule has 0 unspecified atom stereocenters. The summed E-state index contributed by atoms with van der Waals surface area (Å²) in [7, 11) is 0. The van der Waals surface area contributed by atoms with Gasteiger partial charge in [-0.2, -0.15) is 15.5 Å². The van der Waals surface area contributed by atoms with Crippen LogP contribution in [-0.2, 0) is 4.74 Å². The maximum atomic E-state index is 12.5. The van der Waals surface area contributed by atoms with Crippen molar-refractivity contribution in [3.05, 3.63) is 132 Å². The predicted molar refractivity (Wildman–Crippen MR) is 266 cm³/mol. The maximum Gasteiger partial charge on any atom is 0.410 e. The number of carbonyl (C=O) groups excluding carboxylic acids is 1. The summed E-state index contributed by atoms with van der Waals surface area (Å²) in [6, 6.07) is 32.7. The van der Waals surface area contributed by atoms with Gasteiger partial charge in [-0.25, -0.2) is 23.8 Å². The fraction of sp³-hybridized carbons (Fsp3) is 0.308. The molecule has 0 radical (unpaired) electrons. The largest absolute Gasteiger partial charge is 0.444 e. The third-order valence-corrected chi connectivity index (χ3v) is 13.0. The number of rotatable bonds is 5. The lowest BCUT2D eigenvalue weighted by Gasteiger charge is -2.45. The normalized spacial score (nSPS) is 18.9. The maximum absolute atomic E-state index is 12.5. The number of nitrogens with zero attached hydrogens (tertiary/aromatic N) is 10. The molecule has 14 heteroatoms. The highest BCUT2D eigenvalue weighted by Gasteiger charge is 2.34. The molecule has 10 rings (SSSR count). The first-order valence-corrected chi connectivity index (χ1v) is 23.3. The van der Waals surface area contributed by atoms with Crippen LogP contribution in [0.5, 0.6) is 0 Å². The average molecular weight is 945 g/mol. The van der Waals surface area contributed by atoms with Crippen molar-refractivity contribution in [1.82, 2.24) is 39.4 Å². The van der Waals surface area contributed by atoms with Crippen LogP contribution in [0.25, 0.3) is 55.4 Å². The number of amides is 1. The molecule has 66 heavy (non-hydrogen) atoms. The molecule has 2 aliphatic heterocycles. The average Bonchev–Trinajstić information content (AvgIpc) is 3.90. The summed E-state index contributed by atoms with van der Waals surface area (Å²) >= 11 is 3.46.